The van der Waals surface area contributed by atoms with Gasteiger partial charge in [0, 0.05) is 31.1 Å². The van der Waals surface area contributed by atoms with E-state index in [1.807, 2.05) is 25.4 Å². The molecule has 5 heteroatoms. The summed E-state index contributed by atoms with van der Waals surface area (Å²) in [4.78, 5) is 4.22. The van der Waals surface area contributed by atoms with Crippen LogP contribution in [0.4, 0.5) is 0 Å². The van der Waals surface area contributed by atoms with E-state index >= 15 is 0 Å². The lowest BCUT2D eigenvalue weighted by molar-refractivity contribution is 0.0500. The number of ether oxygens (including phenoxy) is 3. The van der Waals surface area contributed by atoms with Crippen molar-refractivity contribution in [2.75, 3.05) is 28.1 Å². The van der Waals surface area contributed by atoms with E-state index < -0.39 is 0 Å². The molecule has 0 radical (unpaired) electrons. The predicted molar refractivity (Wildman–Crippen MR) is 116 cm³/mol. The molecule has 0 fully saturated rings. The highest BCUT2D eigenvalue weighted by molar-refractivity contribution is 7.48. The Bertz CT molecular complexity index is 763. The number of hydrogen-bond acceptors (Lipinski definition) is 4. The van der Waals surface area contributed by atoms with Crippen LogP contribution in [0, 0.1) is 0 Å². The van der Waals surface area contributed by atoms with Crippen LogP contribution >= 0.6 is 8.58 Å². The number of hydrogen-bond donors (Lipinski definition) is 0. The average molecular weight is 387 g/mol. The fraction of sp³-hybridized carbons (Fsp3) is 0.409. The molecule has 0 N–H and O–H groups in total. The third-order valence-corrected chi connectivity index (χ3v) is 6.30. The molecule has 0 aromatic heterocycles. The summed E-state index contributed by atoms with van der Waals surface area (Å²) in [6, 6.07) is 14.5. The van der Waals surface area contributed by atoms with Gasteiger partial charge in [-0.25, -0.2) is 0 Å². The molecule has 0 spiro atoms. The van der Waals surface area contributed by atoms with E-state index in [0.717, 1.165) is 29.9 Å². The van der Waals surface area contributed by atoms with Crippen molar-refractivity contribution in [2.45, 2.75) is 31.8 Å². The van der Waals surface area contributed by atoms with Gasteiger partial charge in [-0.2, -0.15) is 0 Å². The van der Waals surface area contributed by atoms with Crippen LogP contribution in [-0.4, -0.2) is 34.3 Å². The van der Waals surface area contributed by atoms with Gasteiger partial charge in [0.1, 0.15) is 11.5 Å². The molecular formula is C22H30NO3P. The van der Waals surface area contributed by atoms with Crippen LogP contribution in [0.1, 0.15) is 37.8 Å². The lowest BCUT2D eigenvalue weighted by Crippen LogP contribution is -2.22. The maximum Gasteiger partial charge on any atom is 0.188 e. The predicted octanol–water partition coefficient (Wildman–Crippen LogP) is 4.75. The molecule has 4 nitrogen and oxygen atoms in total. The maximum atomic E-state index is 5.89. The van der Waals surface area contributed by atoms with Crippen molar-refractivity contribution in [2.24, 2.45) is 4.99 Å². The molecule has 146 valence electrons. The van der Waals surface area contributed by atoms with Crippen molar-refractivity contribution in [3.05, 3.63) is 53.6 Å². The summed E-state index contributed by atoms with van der Waals surface area (Å²) in [6.07, 6.45) is 4.05. The summed E-state index contributed by atoms with van der Waals surface area (Å²) < 4.78 is 16.5. The van der Waals surface area contributed by atoms with Crippen LogP contribution in [0.2, 0.25) is 0 Å². The molecule has 0 saturated carbocycles. The van der Waals surface area contributed by atoms with E-state index in [2.05, 4.69) is 49.2 Å². The van der Waals surface area contributed by atoms with Gasteiger partial charge in [-0.1, -0.05) is 53.1 Å². The van der Waals surface area contributed by atoms with Crippen molar-refractivity contribution in [1.82, 2.24) is 0 Å². The Kier molecular flexibility index (Phi) is 8.27. The van der Waals surface area contributed by atoms with Gasteiger partial charge < -0.3 is 14.2 Å². The van der Waals surface area contributed by atoms with Crippen molar-refractivity contribution < 1.29 is 14.2 Å². The van der Waals surface area contributed by atoms with E-state index in [1.54, 1.807) is 14.2 Å². The molecule has 0 amide bonds. The SMILES string of the molecule is CCCC(C)(Pc1ccccc1C=NC)c1cc(OC)ccc1OCOC. The average Bonchev–Trinajstić information content (AvgIpc) is 2.68. The summed E-state index contributed by atoms with van der Waals surface area (Å²) in [5.41, 5.74) is 2.32. The minimum Gasteiger partial charge on any atom is -0.497 e. The van der Waals surface area contributed by atoms with Crippen LogP contribution in [-0.2, 0) is 9.89 Å². The van der Waals surface area contributed by atoms with Crippen molar-refractivity contribution in [1.29, 1.82) is 0 Å². The van der Waals surface area contributed by atoms with Crippen LogP contribution in [0.15, 0.2) is 47.5 Å². The van der Waals surface area contributed by atoms with Gasteiger partial charge in [0.2, 0.25) is 0 Å². The molecule has 0 aliphatic carbocycles. The Morgan fingerprint density at radius 1 is 1.15 bits per heavy atom. The van der Waals surface area contributed by atoms with Gasteiger partial charge in [-0.05, 0) is 35.5 Å². The summed E-state index contributed by atoms with van der Waals surface area (Å²) in [6.45, 7) is 4.75. The second-order valence-electron chi connectivity index (χ2n) is 6.59. The Balaban J connectivity index is 2.51. The molecule has 0 aliphatic heterocycles. The smallest absolute Gasteiger partial charge is 0.188 e. The quantitative estimate of drug-likeness (QED) is 0.336. The molecule has 0 heterocycles. The minimum atomic E-state index is -0.0793. The molecule has 0 saturated heterocycles. The Labute approximate surface area is 164 Å². The summed E-state index contributed by atoms with van der Waals surface area (Å²) in [5.74, 6) is 1.69. The van der Waals surface area contributed by atoms with Crippen molar-refractivity contribution in [3.8, 4) is 11.5 Å². The van der Waals surface area contributed by atoms with Gasteiger partial charge in [0.25, 0.3) is 0 Å². The van der Waals surface area contributed by atoms with Crippen LogP contribution < -0.4 is 14.8 Å². The third kappa shape index (κ3) is 5.54. The first-order valence-corrected chi connectivity index (χ1v) is 10.2. The van der Waals surface area contributed by atoms with Gasteiger partial charge in [0.05, 0.1) is 7.11 Å². The molecule has 0 aliphatic rings. The first-order chi connectivity index (χ1) is 13.1. The van der Waals surface area contributed by atoms with E-state index in [4.69, 9.17) is 14.2 Å². The summed E-state index contributed by atoms with van der Waals surface area (Å²) in [5, 5.41) is 1.23. The third-order valence-electron chi connectivity index (χ3n) is 4.50. The van der Waals surface area contributed by atoms with Gasteiger partial charge in [-0.15, -0.1) is 0 Å². The number of rotatable bonds is 10. The number of benzene rings is 2. The van der Waals surface area contributed by atoms with Crippen molar-refractivity contribution >= 4 is 20.1 Å². The zero-order valence-electron chi connectivity index (χ0n) is 16.9. The zero-order chi connectivity index (χ0) is 19.7. The number of nitrogens with zero attached hydrogens (tertiary/aromatic N) is 1. The fourth-order valence-corrected chi connectivity index (χ4v) is 5.01. The first-order valence-electron chi connectivity index (χ1n) is 9.17. The standard InChI is InChI=1S/C22H30NO3P/c1-6-13-22(2,27-21-10-8-7-9-17(21)15-23-3)19-14-18(25-5)11-12-20(19)26-16-24-4/h7-12,14-15,27H,6,13,16H2,1-5H3. The van der Waals surface area contributed by atoms with E-state index in [9.17, 15) is 0 Å². The van der Waals surface area contributed by atoms with Crippen LogP contribution in [0.5, 0.6) is 11.5 Å². The topological polar surface area (TPSA) is 40.0 Å². The van der Waals surface area contributed by atoms with E-state index in [0.29, 0.717) is 8.58 Å². The first kappa shape index (κ1) is 21.4. The highest BCUT2D eigenvalue weighted by Crippen LogP contribution is 2.49. The maximum absolute atomic E-state index is 5.89. The summed E-state index contributed by atoms with van der Waals surface area (Å²) in [7, 11) is 5.71. The normalized spacial score (nSPS) is 14.0. The number of aliphatic imine (C=N–C) groups is 1. The van der Waals surface area contributed by atoms with Crippen LogP contribution in [0.3, 0.4) is 0 Å². The fourth-order valence-electron chi connectivity index (χ4n) is 3.24. The Morgan fingerprint density at radius 2 is 1.93 bits per heavy atom. The molecule has 0 bridgehead atoms. The zero-order valence-corrected chi connectivity index (χ0v) is 17.9. The monoisotopic (exact) mass is 387 g/mol. The second-order valence-corrected chi connectivity index (χ2v) is 8.49. The van der Waals surface area contributed by atoms with Gasteiger partial charge in [-0.3, -0.25) is 4.99 Å². The molecule has 27 heavy (non-hydrogen) atoms. The molecular weight excluding hydrogens is 357 g/mol. The molecule has 2 atom stereocenters. The van der Waals surface area contributed by atoms with E-state index in [1.165, 1.54) is 10.9 Å². The largest absolute Gasteiger partial charge is 0.497 e. The Morgan fingerprint density at radius 3 is 2.59 bits per heavy atom. The lowest BCUT2D eigenvalue weighted by atomic mass is 9.94. The molecule has 2 unspecified atom stereocenters. The number of methoxy groups -OCH3 is 2. The molecule has 2 aromatic carbocycles. The molecule has 2 aromatic rings. The van der Waals surface area contributed by atoms with Gasteiger partial charge >= 0.3 is 0 Å². The Hall–Kier alpha value is -1.90. The second kappa shape index (κ2) is 10.4. The highest BCUT2D eigenvalue weighted by Gasteiger charge is 2.31. The van der Waals surface area contributed by atoms with Gasteiger partial charge in [0.15, 0.2) is 6.79 Å². The summed E-state index contributed by atoms with van der Waals surface area (Å²) >= 11 is 0. The van der Waals surface area contributed by atoms with Crippen LogP contribution in [0.25, 0.3) is 0 Å². The van der Waals surface area contributed by atoms with E-state index in [-0.39, 0.29) is 11.9 Å². The van der Waals surface area contributed by atoms with Crippen molar-refractivity contribution in [3.63, 3.8) is 0 Å². The minimum absolute atomic E-state index is 0.0793. The molecule has 2 rings (SSSR count). The highest BCUT2D eigenvalue weighted by atomic mass is 31.1. The lowest BCUT2D eigenvalue weighted by Gasteiger charge is -2.32.